The second-order valence-corrected chi connectivity index (χ2v) is 9.21. The van der Waals surface area contributed by atoms with Gasteiger partial charge in [-0.05, 0) is 60.2 Å². The molecule has 0 saturated carbocycles. The van der Waals surface area contributed by atoms with E-state index >= 15 is 0 Å². The van der Waals surface area contributed by atoms with Gasteiger partial charge < -0.3 is 9.47 Å². The first-order valence-electron chi connectivity index (χ1n) is 9.95. The molecular weight excluding hydrogens is 512 g/mol. The lowest BCUT2D eigenvalue weighted by Gasteiger charge is -2.14. The topological polar surface area (TPSA) is 99.0 Å². The van der Waals surface area contributed by atoms with E-state index in [1.807, 2.05) is 0 Å². The number of nitro benzene ring substituents is 1. The number of ether oxygens (including phenoxy) is 2. The molecule has 0 aliphatic carbocycles. The Labute approximate surface area is 214 Å². The smallest absolute Gasteiger partial charge is 0.343 e. The van der Waals surface area contributed by atoms with E-state index in [1.165, 1.54) is 36.3 Å². The number of anilines is 1. The summed E-state index contributed by atoms with van der Waals surface area (Å²) in [5.74, 6) is -0.419. The minimum absolute atomic E-state index is 0.0846. The van der Waals surface area contributed by atoms with Gasteiger partial charge in [-0.25, -0.2) is 4.79 Å². The van der Waals surface area contributed by atoms with Crippen LogP contribution in [0.25, 0.3) is 6.08 Å². The highest BCUT2D eigenvalue weighted by Crippen LogP contribution is 2.37. The van der Waals surface area contributed by atoms with Crippen LogP contribution in [0.3, 0.4) is 0 Å². The third kappa shape index (κ3) is 5.35. The molecule has 1 aliphatic rings. The van der Waals surface area contributed by atoms with Gasteiger partial charge in [-0.3, -0.25) is 19.8 Å². The summed E-state index contributed by atoms with van der Waals surface area (Å²) in [7, 11) is 1.44. The predicted molar refractivity (Wildman–Crippen MR) is 138 cm³/mol. The fourth-order valence-corrected chi connectivity index (χ4v) is 4.59. The number of hydrogen-bond acceptors (Lipinski definition) is 8. The van der Waals surface area contributed by atoms with Gasteiger partial charge in [0.15, 0.2) is 15.8 Å². The summed E-state index contributed by atoms with van der Waals surface area (Å²) < 4.78 is 11.1. The zero-order chi connectivity index (χ0) is 25.1. The van der Waals surface area contributed by atoms with E-state index < -0.39 is 10.9 Å². The number of carbonyl (C=O) groups excluding carboxylic acids is 2. The fraction of sp³-hybridized carbons (Fsp3) is 0.0417. The molecule has 0 bridgehead atoms. The largest absolute Gasteiger partial charge is 0.493 e. The van der Waals surface area contributed by atoms with Crippen molar-refractivity contribution in [2.24, 2.45) is 0 Å². The number of halogens is 1. The number of thioether (sulfide) groups is 1. The molecule has 0 spiro atoms. The first-order chi connectivity index (χ1) is 16.8. The van der Waals surface area contributed by atoms with Crippen LogP contribution >= 0.6 is 35.6 Å². The first kappa shape index (κ1) is 24.4. The van der Waals surface area contributed by atoms with Gasteiger partial charge in [0.2, 0.25) is 0 Å². The monoisotopic (exact) mass is 526 g/mol. The van der Waals surface area contributed by atoms with Crippen molar-refractivity contribution in [3.05, 3.63) is 97.9 Å². The van der Waals surface area contributed by atoms with Crippen molar-refractivity contribution < 1.29 is 24.0 Å². The summed E-state index contributed by atoms with van der Waals surface area (Å²) in [6.07, 6.45) is 1.64. The molecule has 1 amide bonds. The van der Waals surface area contributed by atoms with Crippen molar-refractivity contribution in [3.8, 4) is 11.5 Å². The van der Waals surface area contributed by atoms with Gasteiger partial charge in [-0.15, -0.1) is 0 Å². The van der Waals surface area contributed by atoms with Crippen molar-refractivity contribution >= 4 is 69.2 Å². The minimum atomic E-state index is -0.573. The standard InChI is InChI=1S/C24H15ClN2O6S2/c1-32-20-12-14(2-11-19(20)33-23(29)15-3-5-16(25)6-4-15)13-21-22(28)26(24(34)35-21)17-7-9-18(10-8-17)27(30)31/h2-13H,1H3/b21-13-. The molecule has 35 heavy (non-hydrogen) atoms. The Balaban J connectivity index is 1.54. The maximum atomic E-state index is 13.0. The van der Waals surface area contributed by atoms with E-state index in [0.29, 0.717) is 36.8 Å². The lowest BCUT2D eigenvalue weighted by atomic mass is 10.1. The number of nitro groups is 1. The lowest BCUT2D eigenvalue weighted by Crippen LogP contribution is -2.27. The molecule has 8 nitrogen and oxygen atoms in total. The SMILES string of the molecule is COc1cc(/C=C2\SC(=S)N(c3ccc([N+](=O)[O-])cc3)C2=O)ccc1OC(=O)c1ccc(Cl)cc1. The third-order valence-electron chi connectivity index (χ3n) is 4.88. The summed E-state index contributed by atoms with van der Waals surface area (Å²) in [5.41, 5.74) is 1.30. The number of nitrogens with zero attached hydrogens (tertiary/aromatic N) is 2. The zero-order valence-corrected chi connectivity index (χ0v) is 20.4. The van der Waals surface area contributed by atoms with E-state index in [1.54, 1.807) is 48.5 Å². The van der Waals surface area contributed by atoms with Crippen LogP contribution in [-0.4, -0.2) is 28.2 Å². The number of methoxy groups -OCH3 is 1. The Hall–Kier alpha value is -3.73. The number of amides is 1. The van der Waals surface area contributed by atoms with Gasteiger partial charge in [-0.1, -0.05) is 41.6 Å². The molecule has 3 aromatic carbocycles. The van der Waals surface area contributed by atoms with Crippen LogP contribution in [-0.2, 0) is 4.79 Å². The van der Waals surface area contributed by atoms with E-state index in [0.717, 1.165) is 11.8 Å². The number of thiocarbonyl (C=S) groups is 1. The molecule has 3 aromatic rings. The maximum Gasteiger partial charge on any atom is 0.343 e. The van der Waals surface area contributed by atoms with Crippen LogP contribution in [0.5, 0.6) is 11.5 Å². The molecule has 176 valence electrons. The first-order valence-corrected chi connectivity index (χ1v) is 11.6. The minimum Gasteiger partial charge on any atom is -0.493 e. The van der Waals surface area contributed by atoms with Crippen LogP contribution in [0.2, 0.25) is 5.02 Å². The van der Waals surface area contributed by atoms with Crippen LogP contribution in [0, 0.1) is 10.1 Å². The molecule has 0 aromatic heterocycles. The molecule has 4 rings (SSSR count). The number of carbonyl (C=O) groups is 2. The van der Waals surface area contributed by atoms with Gasteiger partial charge in [0.05, 0.1) is 28.2 Å². The van der Waals surface area contributed by atoms with Crippen LogP contribution < -0.4 is 14.4 Å². The molecule has 0 radical (unpaired) electrons. The van der Waals surface area contributed by atoms with E-state index in [9.17, 15) is 19.7 Å². The Morgan fingerprint density at radius 2 is 1.77 bits per heavy atom. The van der Waals surface area contributed by atoms with Crippen molar-refractivity contribution in [1.82, 2.24) is 0 Å². The molecule has 0 atom stereocenters. The summed E-state index contributed by atoms with van der Waals surface area (Å²) in [6, 6.07) is 16.7. The lowest BCUT2D eigenvalue weighted by molar-refractivity contribution is -0.384. The zero-order valence-electron chi connectivity index (χ0n) is 18.0. The van der Waals surface area contributed by atoms with Gasteiger partial charge >= 0.3 is 5.97 Å². The molecule has 1 fully saturated rings. The fourth-order valence-electron chi connectivity index (χ4n) is 3.17. The van der Waals surface area contributed by atoms with Crippen molar-refractivity contribution in [1.29, 1.82) is 0 Å². The maximum absolute atomic E-state index is 13.0. The molecule has 11 heteroatoms. The number of benzene rings is 3. The second-order valence-electron chi connectivity index (χ2n) is 7.10. The Morgan fingerprint density at radius 3 is 2.40 bits per heavy atom. The average molecular weight is 527 g/mol. The van der Waals surface area contributed by atoms with Crippen molar-refractivity contribution in [2.45, 2.75) is 0 Å². The Bertz CT molecular complexity index is 1370. The van der Waals surface area contributed by atoms with E-state index in [2.05, 4.69) is 0 Å². The molecule has 0 unspecified atom stereocenters. The number of hydrogen-bond donors (Lipinski definition) is 0. The van der Waals surface area contributed by atoms with Crippen LogP contribution in [0.1, 0.15) is 15.9 Å². The average Bonchev–Trinajstić information content (AvgIpc) is 3.12. The Kier molecular flexibility index (Phi) is 7.15. The predicted octanol–water partition coefficient (Wildman–Crippen LogP) is 5.88. The van der Waals surface area contributed by atoms with E-state index in [-0.39, 0.29) is 17.3 Å². The highest BCUT2D eigenvalue weighted by Gasteiger charge is 2.33. The van der Waals surface area contributed by atoms with Gasteiger partial charge in [-0.2, -0.15) is 0 Å². The normalized spacial score (nSPS) is 14.3. The summed E-state index contributed by atoms with van der Waals surface area (Å²) >= 11 is 12.3. The molecule has 1 aliphatic heterocycles. The van der Waals surface area contributed by atoms with Gasteiger partial charge in [0.1, 0.15) is 0 Å². The second kappa shape index (κ2) is 10.3. The van der Waals surface area contributed by atoms with Gasteiger partial charge in [0.25, 0.3) is 11.6 Å². The quantitative estimate of drug-likeness (QED) is 0.0980. The number of non-ortho nitro benzene ring substituents is 1. The summed E-state index contributed by atoms with van der Waals surface area (Å²) in [6.45, 7) is 0. The summed E-state index contributed by atoms with van der Waals surface area (Å²) in [5, 5.41) is 11.4. The third-order valence-corrected chi connectivity index (χ3v) is 6.43. The molecule has 0 N–H and O–H groups in total. The highest BCUT2D eigenvalue weighted by atomic mass is 35.5. The molecular formula is C24H15ClN2O6S2. The van der Waals surface area contributed by atoms with E-state index in [4.69, 9.17) is 33.3 Å². The van der Waals surface area contributed by atoms with Crippen LogP contribution in [0.4, 0.5) is 11.4 Å². The summed E-state index contributed by atoms with van der Waals surface area (Å²) in [4.78, 5) is 37.5. The number of esters is 1. The van der Waals surface area contributed by atoms with Crippen molar-refractivity contribution in [2.75, 3.05) is 12.0 Å². The number of rotatable bonds is 6. The Morgan fingerprint density at radius 1 is 1.09 bits per heavy atom. The highest BCUT2D eigenvalue weighted by molar-refractivity contribution is 8.27. The van der Waals surface area contributed by atoms with Gasteiger partial charge in [0, 0.05) is 17.2 Å². The van der Waals surface area contributed by atoms with Crippen LogP contribution in [0.15, 0.2) is 71.6 Å². The molecule has 1 saturated heterocycles. The molecule has 1 heterocycles. The van der Waals surface area contributed by atoms with Crippen molar-refractivity contribution in [3.63, 3.8) is 0 Å².